The van der Waals surface area contributed by atoms with E-state index in [0.717, 1.165) is 17.5 Å². The van der Waals surface area contributed by atoms with E-state index in [0.29, 0.717) is 23.7 Å². The van der Waals surface area contributed by atoms with Crippen molar-refractivity contribution in [1.82, 2.24) is 0 Å². The Bertz CT molecular complexity index is 888. The Morgan fingerprint density at radius 3 is 2.36 bits per heavy atom. The molecule has 0 atom stereocenters. The fraction of sp³-hybridized carbons (Fsp3) is 0.176. The van der Waals surface area contributed by atoms with Gasteiger partial charge in [0.2, 0.25) is 0 Å². The number of methoxy groups -OCH3 is 1. The van der Waals surface area contributed by atoms with E-state index < -0.39 is 14.8 Å². The Labute approximate surface area is 145 Å². The van der Waals surface area contributed by atoms with Gasteiger partial charge >= 0.3 is 0 Å². The van der Waals surface area contributed by atoms with Gasteiger partial charge in [-0.15, -0.1) is 0 Å². The predicted octanol–water partition coefficient (Wildman–Crippen LogP) is 3.45. The summed E-state index contributed by atoms with van der Waals surface area (Å²) in [5.74, 6) is 1.07. The van der Waals surface area contributed by atoms with Gasteiger partial charge in [-0.25, -0.2) is 8.42 Å². The number of hydrogen-bond acceptors (Lipinski definition) is 6. The fourth-order valence-electron chi connectivity index (χ4n) is 2.07. The smallest absolute Gasteiger partial charge is 0.269 e. The Morgan fingerprint density at radius 1 is 1.12 bits per heavy atom. The predicted molar refractivity (Wildman–Crippen MR) is 93.5 cm³/mol. The van der Waals surface area contributed by atoms with E-state index >= 15 is 0 Å². The van der Waals surface area contributed by atoms with Crippen LogP contribution in [0, 0.1) is 10.1 Å². The molecular weight excluding hydrogens is 346 g/mol. The lowest BCUT2D eigenvalue weighted by Gasteiger charge is -2.09. The topological polar surface area (TPSA) is 95.7 Å². The van der Waals surface area contributed by atoms with Crippen LogP contribution in [0.1, 0.15) is 12.5 Å². The normalized spacial score (nSPS) is 11.4. The molecule has 0 N–H and O–H groups in total. The van der Waals surface area contributed by atoms with Gasteiger partial charge in [0.05, 0.1) is 23.5 Å². The fourth-order valence-corrected chi connectivity index (χ4v) is 3.08. The molecule has 0 aliphatic carbocycles. The van der Waals surface area contributed by atoms with Crippen molar-refractivity contribution in [2.45, 2.75) is 11.8 Å². The van der Waals surface area contributed by atoms with Gasteiger partial charge in [0, 0.05) is 17.5 Å². The number of nitrogens with zero attached hydrogens (tertiary/aromatic N) is 1. The van der Waals surface area contributed by atoms with Gasteiger partial charge in [0.25, 0.3) is 5.69 Å². The zero-order chi connectivity index (χ0) is 18.4. The number of hydrogen-bond donors (Lipinski definition) is 0. The van der Waals surface area contributed by atoms with E-state index in [4.69, 9.17) is 9.47 Å². The maximum Gasteiger partial charge on any atom is 0.269 e. The summed E-state index contributed by atoms with van der Waals surface area (Å²) in [7, 11) is -2.20. The summed E-state index contributed by atoms with van der Waals surface area (Å²) in [5.41, 5.74) is 0.453. The SMILES string of the molecule is CCOc1cc(/C=C/S(=O)(=O)c2ccc([N+](=O)[O-])cc2)ccc1OC. The van der Waals surface area contributed by atoms with Gasteiger partial charge < -0.3 is 9.47 Å². The van der Waals surface area contributed by atoms with Crippen LogP contribution in [-0.4, -0.2) is 27.1 Å². The van der Waals surface area contributed by atoms with E-state index in [1.807, 2.05) is 6.92 Å². The lowest BCUT2D eigenvalue weighted by Crippen LogP contribution is -1.97. The summed E-state index contributed by atoms with van der Waals surface area (Å²) >= 11 is 0. The Balaban J connectivity index is 2.27. The number of nitro benzene ring substituents is 1. The molecule has 8 heteroatoms. The zero-order valence-corrected chi connectivity index (χ0v) is 14.5. The molecule has 0 unspecified atom stereocenters. The average molecular weight is 363 g/mol. The van der Waals surface area contributed by atoms with Crippen LogP contribution in [0.2, 0.25) is 0 Å². The number of nitro groups is 1. The molecule has 0 amide bonds. The first-order valence-electron chi connectivity index (χ1n) is 7.36. The second-order valence-corrected chi connectivity index (χ2v) is 6.78. The highest BCUT2D eigenvalue weighted by atomic mass is 32.2. The van der Waals surface area contributed by atoms with Crippen LogP contribution < -0.4 is 9.47 Å². The molecule has 0 aliphatic heterocycles. The summed E-state index contributed by atoms with van der Waals surface area (Å²) in [4.78, 5) is 10.0. The van der Waals surface area contributed by atoms with Crippen LogP contribution in [0.25, 0.3) is 6.08 Å². The minimum atomic E-state index is -3.72. The van der Waals surface area contributed by atoms with Gasteiger partial charge in [0.1, 0.15) is 0 Å². The first-order valence-corrected chi connectivity index (χ1v) is 8.90. The largest absolute Gasteiger partial charge is 0.493 e. The number of rotatable bonds is 7. The van der Waals surface area contributed by atoms with E-state index in [1.54, 1.807) is 18.2 Å². The summed E-state index contributed by atoms with van der Waals surface area (Å²) in [6.07, 6.45) is 1.43. The summed E-state index contributed by atoms with van der Waals surface area (Å²) in [6, 6.07) is 9.77. The molecule has 0 saturated carbocycles. The lowest BCUT2D eigenvalue weighted by atomic mass is 10.2. The van der Waals surface area contributed by atoms with Crippen molar-refractivity contribution in [3.8, 4) is 11.5 Å². The molecule has 0 spiro atoms. The molecule has 0 bridgehead atoms. The van der Waals surface area contributed by atoms with E-state index in [-0.39, 0.29) is 10.6 Å². The highest BCUT2D eigenvalue weighted by molar-refractivity contribution is 7.94. The molecular formula is C17H17NO6S. The van der Waals surface area contributed by atoms with Crippen LogP contribution in [-0.2, 0) is 9.84 Å². The third kappa shape index (κ3) is 4.57. The first-order chi connectivity index (χ1) is 11.9. The van der Waals surface area contributed by atoms with Crippen molar-refractivity contribution in [2.75, 3.05) is 13.7 Å². The molecule has 2 rings (SSSR count). The summed E-state index contributed by atoms with van der Waals surface area (Å²) < 4.78 is 35.2. The zero-order valence-electron chi connectivity index (χ0n) is 13.7. The molecule has 0 fully saturated rings. The highest BCUT2D eigenvalue weighted by Gasteiger charge is 2.13. The lowest BCUT2D eigenvalue weighted by molar-refractivity contribution is -0.384. The summed E-state index contributed by atoms with van der Waals surface area (Å²) in [6.45, 7) is 2.28. The molecule has 0 heterocycles. The van der Waals surface area contributed by atoms with Crippen LogP contribution in [0.4, 0.5) is 5.69 Å². The van der Waals surface area contributed by atoms with Gasteiger partial charge in [-0.1, -0.05) is 6.07 Å². The first kappa shape index (κ1) is 18.5. The van der Waals surface area contributed by atoms with Crippen molar-refractivity contribution in [3.05, 3.63) is 63.6 Å². The Kier molecular flexibility index (Phi) is 5.76. The van der Waals surface area contributed by atoms with Crippen molar-refractivity contribution in [1.29, 1.82) is 0 Å². The highest BCUT2D eigenvalue weighted by Crippen LogP contribution is 2.29. The van der Waals surface area contributed by atoms with Crippen molar-refractivity contribution >= 4 is 21.6 Å². The molecule has 7 nitrogen and oxygen atoms in total. The maximum atomic E-state index is 12.3. The van der Waals surface area contributed by atoms with Crippen molar-refractivity contribution in [3.63, 3.8) is 0 Å². The van der Waals surface area contributed by atoms with Gasteiger partial charge in [-0.05, 0) is 42.8 Å². The van der Waals surface area contributed by atoms with Crippen LogP contribution >= 0.6 is 0 Å². The minimum absolute atomic E-state index is 0.0205. The Hall–Kier alpha value is -2.87. The van der Waals surface area contributed by atoms with Gasteiger partial charge in [-0.2, -0.15) is 0 Å². The van der Waals surface area contributed by atoms with Gasteiger partial charge in [0.15, 0.2) is 21.3 Å². The second-order valence-electron chi connectivity index (χ2n) is 4.94. The molecule has 25 heavy (non-hydrogen) atoms. The average Bonchev–Trinajstić information content (AvgIpc) is 2.60. The standard InChI is InChI=1S/C17H17NO6S/c1-3-24-17-12-13(4-9-16(17)23-2)10-11-25(21,22)15-7-5-14(6-8-15)18(19)20/h4-12H,3H2,1-2H3/b11-10+. The minimum Gasteiger partial charge on any atom is -0.493 e. The molecule has 132 valence electrons. The molecule has 0 aliphatic rings. The van der Waals surface area contributed by atoms with E-state index in [9.17, 15) is 18.5 Å². The second kappa shape index (κ2) is 7.80. The molecule has 2 aromatic rings. The van der Waals surface area contributed by atoms with Crippen molar-refractivity contribution < 1.29 is 22.8 Å². The molecule has 0 aromatic heterocycles. The van der Waals surface area contributed by atoms with E-state index in [2.05, 4.69) is 0 Å². The molecule has 2 aromatic carbocycles. The number of non-ortho nitro benzene ring substituents is 1. The monoisotopic (exact) mass is 363 g/mol. The maximum absolute atomic E-state index is 12.3. The van der Waals surface area contributed by atoms with Crippen molar-refractivity contribution in [2.24, 2.45) is 0 Å². The number of ether oxygens (including phenoxy) is 2. The van der Waals surface area contributed by atoms with Crippen LogP contribution in [0.5, 0.6) is 11.5 Å². The quantitative estimate of drug-likeness (QED) is 0.552. The van der Waals surface area contributed by atoms with Gasteiger partial charge in [-0.3, -0.25) is 10.1 Å². The molecule has 0 radical (unpaired) electrons. The Morgan fingerprint density at radius 2 is 1.80 bits per heavy atom. The summed E-state index contributed by atoms with van der Waals surface area (Å²) in [5, 5.41) is 11.7. The van der Waals surface area contributed by atoms with Crippen LogP contribution in [0.3, 0.4) is 0 Å². The van der Waals surface area contributed by atoms with E-state index in [1.165, 1.54) is 25.3 Å². The van der Waals surface area contributed by atoms with Crippen LogP contribution in [0.15, 0.2) is 52.8 Å². The number of benzene rings is 2. The molecule has 0 saturated heterocycles. The third-order valence-corrected chi connectivity index (χ3v) is 4.73. The third-order valence-electron chi connectivity index (χ3n) is 3.30. The number of sulfone groups is 1.